The molecule has 7 heteroatoms. The number of carbonyl (C=O) groups excluding carboxylic acids is 1. The minimum atomic E-state index is -4.15. The molecule has 126 valence electrons. The molecule has 0 aliphatic rings. The first-order valence-electron chi connectivity index (χ1n) is 7.32. The summed E-state index contributed by atoms with van der Waals surface area (Å²) in [5.41, 5.74) is -0.863. The van der Waals surface area contributed by atoms with Crippen LogP contribution in [0.1, 0.15) is 40.0 Å². The Hall–Kier alpha value is -0.820. The molecule has 1 atom stereocenters. The quantitative estimate of drug-likeness (QED) is 0.630. The Morgan fingerprint density at radius 1 is 1.19 bits per heavy atom. The number of carbonyl (C=O) groups is 1. The van der Waals surface area contributed by atoms with E-state index in [1.165, 1.54) is 0 Å². The van der Waals surface area contributed by atoms with Crippen LogP contribution in [0.5, 0.6) is 0 Å². The van der Waals surface area contributed by atoms with E-state index in [-0.39, 0.29) is 19.1 Å². The lowest BCUT2D eigenvalue weighted by Crippen LogP contribution is -2.52. The van der Waals surface area contributed by atoms with Crippen molar-refractivity contribution in [2.24, 2.45) is 0 Å². The highest BCUT2D eigenvalue weighted by molar-refractivity contribution is 5.80. The van der Waals surface area contributed by atoms with Crippen LogP contribution in [0.25, 0.3) is 0 Å². The number of hydrogen-bond donors (Lipinski definition) is 1. The second-order valence-corrected chi connectivity index (χ2v) is 5.40. The molecule has 1 unspecified atom stereocenters. The fourth-order valence-corrected chi connectivity index (χ4v) is 1.80. The molecule has 0 aliphatic carbocycles. The maximum atomic E-state index is 12.2. The van der Waals surface area contributed by atoms with Crippen LogP contribution < -0.4 is 5.32 Å². The minimum absolute atomic E-state index is 0.0732. The second kappa shape index (κ2) is 9.25. The molecular formula is C14H27F3N2O2. The molecule has 4 nitrogen and oxygen atoms in total. The van der Waals surface area contributed by atoms with E-state index in [9.17, 15) is 18.0 Å². The monoisotopic (exact) mass is 312 g/mol. The van der Waals surface area contributed by atoms with E-state index in [1.54, 1.807) is 25.8 Å². The average Bonchev–Trinajstić information content (AvgIpc) is 2.40. The third-order valence-electron chi connectivity index (χ3n) is 3.26. The molecule has 1 N–H and O–H groups in total. The lowest BCUT2D eigenvalue weighted by atomic mass is 9.97. The van der Waals surface area contributed by atoms with Crippen molar-refractivity contribution < 1.29 is 22.7 Å². The van der Waals surface area contributed by atoms with Gasteiger partial charge in [0.25, 0.3) is 0 Å². The predicted molar refractivity (Wildman–Crippen MR) is 76.1 cm³/mol. The first-order chi connectivity index (χ1) is 9.64. The van der Waals surface area contributed by atoms with Gasteiger partial charge in [-0.1, -0.05) is 6.92 Å². The number of nitrogens with zero attached hydrogens (tertiary/aromatic N) is 1. The molecule has 0 aliphatic heterocycles. The van der Waals surface area contributed by atoms with Crippen molar-refractivity contribution in [2.45, 2.75) is 51.7 Å². The lowest BCUT2D eigenvalue weighted by Gasteiger charge is -2.30. The Balaban J connectivity index is 4.43. The molecule has 0 aromatic carbocycles. The lowest BCUT2D eigenvalue weighted by molar-refractivity contribution is -0.151. The molecule has 0 rings (SSSR count). The number of hydrogen-bond acceptors (Lipinski definition) is 4. The van der Waals surface area contributed by atoms with Gasteiger partial charge >= 0.3 is 12.1 Å². The van der Waals surface area contributed by atoms with Crippen LogP contribution in [0.4, 0.5) is 13.2 Å². The normalized spacial score (nSPS) is 15.0. The maximum absolute atomic E-state index is 12.2. The highest BCUT2D eigenvalue weighted by Gasteiger charge is 2.34. The van der Waals surface area contributed by atoms with Gasteiger partial charge in [-0.2, -0.15) is 13.2 Å². The molecule has 0 saturated carbocycles. The molecule has 0 aromatic rings. The van der Waals surface area contributed by atoms with E-state index in [4.69, 9.17) is 4.74 Å². The van der Waals surface area contributed by atoms with Crippen LogP contribution in [0.2, 0.25) is 0 Å². The van der Waals surface area contributed by atoms with E-state index in [0.717, 1.165) is 6.42 Å². The summed E-state index contributed by atoms with van der Waals surface area (Å²) >= 11 is 0. The van der Waals surface area contributed by atoms with Crippen LogP contribution >= 0.6 is 0 Å². The predicted octanol–water partition coefficient (Wildman–Crippen LogP) is 2.58. The van der Waals surface area contributed by atoms with Crippen LogP contribution in [0.15, 0.2) is 0 Å². The smallest absolute Gasteiger partial charge is 0.390 e. The van der Waals surface area contributed by atoms with E-state index < -0.39 is 18.1 Å². The van der Waals surface area contributed by atoms with Gasteiger partial charge < -0.3 is 15.0 Å². The van der Waals surface area contributed by atoms with Crippen molar-refractivity contribution in [3.63, 3.8) is 0 Å². The summed E-state index contributed by atoms with van der Waals surface area (Å²) in [7, 11) is 1.62. The van der Waals surface area contributed by atoms with Gasteiger partial charge in [0.05, 0.1) is 13.0 Å². The Morgan fingerprint density at radius 2 is 1.76 bits per heavy atom. The molecule has 0 fully saturated rings. The zero-order valence-electron chi connectivity index (χ0n) is 13.3. The second-order valence-electron chi connectivity index (χ2n) is 5.40. The van der Waals surface area contributed by atoms with Gasteiger partial charge in [-0.3, -0.25) is 4.79 Å². The highest BCUT2D eigenvalue weighted by atomic mass is 19.4. The molecule has 0 radical (unpaired) electrons. The fourth-order valence-electron chi connectivity index (χ4n) is 1.80. The largest absolute Gasteiger partial charge is 0.465 e. The summed E-state index contributed by atoms with van der Waals surface area (Å²) in [6.07, 6.45) is -3.74. The Labute approximate surface area is 125 Å². The number of nitrogens with one attached hydrogen (secondary N) is 1. The van der Waals surface area contributed by atoms with Crippen LogP contribution in [-0.2, 0) is 9.53 Å². The molecule has 0 heterocycles. The highest BCUT2D eigenvalue weighted by Crippen LogP contribution is 2.20. The van der Waals surface area contributed by atoms with Gasteiger partial charge in [-0.15, -0.1) is 0 Å². The van der Waals surface area contributed by atoms with Gasteiger partial charge in [0.15, 0.2) is 0 Å². The number of esters is 1. The summed E-state index contributed by atoms with van der Waals surface area (Å²) in [6.45, 7) is 6.70. The summed E-state index contributed by atoms with van der Waals surface area (Å²) in [5, 5.41) is 3.13. The number of rotatable bonds is 10. The first-order valence-corrected chi connectivity index (χ1v) is 7.32. The van der Waals surface area contributed by atoms with Crippen LogP contribution in [0, 0.1) is 0 Å². The van der Waals surface area contributed by atoms with Crippen LogP contribution in [0.3, 0.4) is 0 Å². The summed E-state index contributed by atoms with van der Waals surface area (Å²) < 4.78 is 41.6. The molecule has 0 amide bonds. The Morgan fingerprint density at radius 3 is 2.24 bits per heavy atom. The number of ether oxygens (including phenoxy) is 1. The topological polar surface area (TPSA) is 41.6 Å². The molecule has 21 heavy (non-hydrogen) atoms. The molecule has 0 spiro atoms. The average molecular weight is 312 g/mol. The van der Waals surface area contributed by atoms with Crippen molar-refractivity contribution in [1.82, 2.24) is 10.2 Å². The van der Waals surface area contributed by atoms with E-state index in [2.05, 4.69) is 5.32 Å². The first kappa shape index (κ1) is 20.2. The summed E-state index contributed by atoms with van der Waals surface area (Å²) in [6, 6.07) is 0. The zero-order valence-corrected chi connectivity index (χ0v) is 13.3. The molecular weight excluding hydrogens is 285 g/mol. The van der Waals surface area contributed by atoms with Gasteiger partial charge in [0.1, 0.15) is 5.54 Å². The van der Waals surface area contributed by atoms with Crippen molar-refractivity contribution in [1.29, 1.82) is 0 Å². The molecule has 0 bridgehead atoms. The standard InChI is InChI=1S/C14H27F3N2O2/c1-5-9-18-13(3,12(20)21-6-2)7-10-19(4)11-8-14(15,16)17/h18H,5-11H2,1-4H3. The zero-order chi connectivity index (χ0) is 16.5. The van der Waals surface area contributed by atoms with Gasteiger partial charge in [-0.05, 0) is 40.3 Å². The van der Waals surface area contributed by atoms with Crippen molar-refractivity contribution in [3.05, 3.63) is 0 Å². The van der Waals surface area contributed by atoms with Crippen molar-refractivity contribution in [3.8, 4) is 0 Å². The van der Waals surface area contributed by atoms with Gasteiger partial charge in [0.2, 0.25) is 0 Å². The van der Waals surface area contributed by atoms with Gasteiger partial charge in [-0.25, -0.2) is 0 Å². The van der Waals surface area contributed by atoms with Crippen molar-refractivity contribution in [2.75, 3.05) is 33.3 Å². The van der Waals surface area contributed by atoms with Gasteiger partial charge in [0, 0.05) is 13.1 Å². The third-order valence-corrected chi connectivity index (χ3v) is 3.26. The molecule has 0 aromatic heterocycles. The fraction of sp³-hybridized carbons (Fsp3) is 0.929. The third kappa shape index (κ3) is 8.93. The minimum Gasteiger partial charge on any atom is -0.465 e. The molecule has 0 saturated heterocycles. The Bertz CT molecular complexity index is 311. The summed E-state index contributed by atoms with van der Waals surface area (Å²) in [4.78, 5) is 13.6. The van der Waals surface area contributed by atoms with Crippen molar-refractivity contribution >= 4 is 5.97 Å². The van der Waals surface area contributed by atoms with Crippen LogP contribution in [-0.4, -0.2) is 55.9 Å². The van der Waals surface area contributed by atoms with E-state index in [0.29, 0.717) is 19.5 Å². The van der Waals surface area contributed by atoms with E-state index >= 15 is 0 Å². The van der Waals surface area contributed by atoms with E-state index in [1.807, 2.05) is 6.92 Å². The Kier molecular flexibility index (Phi) is 8.89. The SMILES string of the molecule is CCCNC(C)(CCN(C)CCC(F)(F)F)C(=O)OCC. The number of alkyl halides is 3. The maximum Gasteiger partial charge on any atom is 0.390 e. The number of halogens is 3. The summed E-state index contributed by atoms with van der Waals surface area (Å²) in [5.74, 6) is -0.359.